The van der Waals surface area contributed by atoms with Gasteiger partial charge in [-0.25, -0.2) is 4.79 Å². The van der Waals surface area contributed by atoms with Crippen LogP contribution in [0.1, 0.15) is 0 Å². The van der Waals surface area contributed by atoms with Gasteiger partial charge in [-0.05, 0) is 0 Å². The summed E-state index contributed by atoms with van der Waals surface area (Å²) >= 11 is -2.47. The van der Waals surface area contributed by atoms with Crippen molar-refractivity contribution in [3.63, 3.8) is 0 Å². The van der Waals surface area contributed by atoms with Crippen molar-refractivity contribution in [2.75, 3.05) is 6.61 Å². The highest BCUT2D eigenvalue weighted by Gasteiger charge is 1.98. The second kappa shape index (κ2) is 3.53. The van der Waals surface area contributed by atoms with Crippen LogP contribution in [0.2, 0.25) is 0 Å². The lowest BCUT2D eigenvalue weighted by Crippen LogP contribution is -2.07. The number of carboxylic acids is 1. The van der Waals surface area contributed by atoms with Crippen molar-refractivity contribution in [2.24, 2.45) is 0 Å². The zero-order valence-corrected chi connectivity index (χ0v) is 4.55. The van der Waals surface area contributed by atoms with Crippen molar-refractivity contribution in [2.45, 2.75) is 0 Å². The Morgan fingerprint density at radius 1 is 1.75 bits per heavy atom. The quantitative estimate of drug-likeness (QED) is 0.502. The maximum absolute atomic E-state index is 9.53. The third-order valence-corrected chi connectivity index (χ3v) is 0.603. The molecule has 0 aliphatic rings. The minimum Gasteiger partial charge on any atom is -0.479 e. The van der Waals surface area contributed by atoms with Crippen molar-refractivity contribution >= 4 is 17.3 Å². The molecule has 1 atom stereocenters. The van der Waals surface area contributed by atoms with Gasteiger partial charge in [-0.3, -0.25) is 8.74 Å². The molecule has 0 spiro atoms. The molecule has 0 saturated heterocycles. The van der Waals surface area contributed by atoms with Crippen LogP contribution in [-0.4, -0.2) is 26.4 Å². The van der Waals surface area contributed by atoms with Gasteiger partial charge in [0.25, 0.3) is 0 Å². The molecule has 2 N–H and O–H groups in total. The van der Waals surface area contributed by atoms with Gasteiger partial charge in [0.2, 0.25) is 0 Å². The summed E-state index contributed by atoms with van der Waals surface area (Å²) in [5.41, 5.74) is 0. The van der Waals surface area contributed by atoms with E-state index in [1.807, 2.05) is 0 Å². The van der Waals surface area contributed by atoms with Gasteiger partial charge >= 0.3 is 17.3 Å². The molecule has 6 heteroatoms. The highest BCUT2D eigenvalue weighted by Crippen LogP contribution is 1.76. The largest absolute Gasteiger partial charge is 0.479 e. The predicted molar refractivity (Wildman–Crippen MR) is 24.4 cm³/mol. The van der Waals surface area contributed by atoms with Gasteiger partial charge in [-0.1, -0.05) is 0 Å². The second-order valence-corrected chi connectivity index (χ2v) is 1.54. The number of aliphatic carboxylic acids is 1. The third-order valence-electron chi connectivity index (χ3n) is 0.283. The average Bonchev–Trinajstić information content (AvgIpc) is 1.61. The van der Waals surface area contributed by atoms with E-state index in [-0.39, 0.29) is 0 Å². The summed E-state index contributed by atoms with van der Waals surface area (Å²) < 4.78 is 21.0. The Balaban J connectivity index is 3.18. The van der Waals surface area contributed by atoms with E-state index in [0.717, 1.165) is 0 Å². The van der Waals surface area contributed by atoms with Gasteiger partial charge in [0.05, 0.1) is 0 Å². The first-order valence-corrected chi connectivity index (χ1v) is 2.62. The molecule has 0 bridgehead atoms. The lowest BCUT2D eigenvalue weighted by molar-refractivity contribution is -0.139. The summed E-state index contributed by atoms with van der Waals surface area (Å²) in [5, 5.41) is 7.79. The lowest BCUT2D eigenvalue weighted by atomic mass is 10.8. The van der Waals surface area contributed by atoms with E-state index in [1.54, 1.807) is 0 Å². The van der Waals surface area contributed by atoms with Crippen molar-refractivity contribution in [3.8, 4) is 0 Å². The molecule has 0 heterocycles. The molecule has 0 aromatic rings. The van der Waals surface area contributed by atoms with Crippen molar-refractivity contribution < 1.29 is 22.8 Å². The van der Waals surface area contributed by atoms with Crippen LogP contribution >= 0.6 is 0 Å². The van der Waals surface area contributed by atoms with E-state index < -0.39 is 23.9 Å². The van der Waals surface area contributed by atoms with Gasteiger partial charge in [0.1, 0.15) is 0 Å². The summed E-state index contributed by atoms with van der Waals surface area (Å²) in [5.74, 6) is -1.27. The normalized spacial score (nSPS) is 13.1. The van der Waals surface area contributed by atoms with Crippen molar-refractivity contribution in [3.05, 3.63) is 0 Å². The van der Waals surface area contributed by atoms with Crippen LogP contribution in [0.3, 0.4) is 0 Å². The van der Waals surface area contributed by atoms with E-state index in [2.05, 4.69) is 4.18 Å². The van der Waals surface area contributed by atoms with Crippen LogP contribution in [0.15, 0.2) is 0 Å². The van der Waals surface area contributed by atoms with Crippen LogP contribution in [0.5, 0.6) is 0 Å². The summed E-state index contributed by atoms with van der Waals surface area (Å²) in [6, 6.07) is 0. The number of hydrogen-bond acceptors (Lipinski definition) is 3. The van der Waals surface area contributed by atoms with Crippen LogP contribution in [0.25, 0.3) is 0 Å². The van der Waals surface area contributed by atoms with Crippen LogP contribution in [0, 0.1) is 0 Å². The third kappa shape index (κ3) is 5.54. The van der Waals surface area contributed by atoms with Gasteiger partial charge in [0.15, 0.2) is 6.61 Å². The van der Waals surface area contributed by atoms with Crippen LogP contribution in [0.4, 0.5) is 0 Å². The molecule has 0 aliphatic heterocycles. The molecule has 0 amide bonds. The van der Waals surface area contributed by atoms with Gasteiger partial charge in [-0.15, -0.1) is 0 Å². The Kier molecular flexibility index (Phi) is 3.33. The first-order valence-electron chi connectivity index (χ1n) is 1.59. The molecule has 0 fully saturated rings. The molecular weight excluding hydrogens is 136 g/mol. The molecule has 0 saturated carbocycles. The first kappa shape index (κ1) is 7.54. The highest BCUT2D eigenvalue weighted by molar-refractivity contribution is 7.74. The van der Waals surface area contributed by atoms with E-state index >= 15 is 0 Å². The number of carbonyl (C=O) groups is 1. The zero-order valence-electron chi connectivity index (χ0n) is 3.73. The molecule has 0 aromatic heterocycles. The number of rotatable bonds is 3. The summed E-state index contributed by atoms with van der Waals surface area (Å²) in [7, 11) is 0. The fraction of sp³-hybridized carbons (Fsp3) is 0.500. The summed E-state index contributed by atoms with van der Waals surface area (Å²) in [6.45, 7) is -0.747. The minimum absolute atomic E-state index is 0.747. The van der Waals surface area contributed by atoms with E-state index in [1.165, 1.54) is 0 Å². The lowest BCUT2D eigenvalue weighted by Gasteiger charge is -1.88. The van der Waals surface area contributed by atoms with Crippen LogP contribution < -0.4 is 0 Å². The Morgan fingerprint density at radius 2 is 2.25 bits per heavy atom. The van der Waals surface area contributed by atoms with Crippen molar-refractivity contribution in [1.82, 2.24) is 0 Å². The van der Waals surface area contributed by atoms with Gasteiger partial charge < -0.3 is 5.11 Å². The molecule has 1 unspecified atom stereocenters. The summed E-state index contributed by atoms with van der Waals surface area (Å²) in [4.78, 5) is 9.53. The zero-order chi connectivity index (χ0) is 6.57. The molecule has 0 rings (SSSR count). The summed E-state index contributed by atoms with van der Waals surface area (Å²) in [6.07, 6.45) is 0. The Morgan fingerprint density at radius 3 is 2.38 bits per heavy atom. The first-order chi connectivity index (χ1) is 3.63. The second-order valence-electron chi connectivity index (χ2n) is 0.873. The fourth-order valence-corrected chi connectivity index (χ4v) is 0.302. The van der Waals surface area contributed by atoms with Crippen molar-refractivity contribution in [1.29, 1.82) is 0 Å². The predicted octanol–water partition coefficient (Wildman–Crippen LogP) is -0.776. The molecule has 0 radical (unpaired) electrons. The molecule has 0 aromatic carbocycles. The van der Waals surface area contributed by atoms with E-state index in [0.29, 0.717) is 0 Å². The van der Waals surface area contributed by atoms with Gasteiger partial charge in [-0.2, -0.15) is 4.21 Å². The standard InChI is InChI=1S/C2H4O5S/c3-2(4)1-7-8(5)6/h1H2,(H,3,4)(H,5,6). The minimum atomic E-state index is -2.47. The fourth-order valence-electron chi connectivity index (χ4n) is 0.101. The monoisotopic (exact) mass is 140 g/mol. The van der Waals surface area contributed by atoms with E-state index in [4.69, 9.17) is 9.66 Å². The van der Waals surface area contributed by atoms with Gasteiger partial charge in [0, 0.05) is 0 Å². The Bertz CT molecular complexity index is 95.0. The SMILES string of the molecule is O=C(O)COS(=O)O. The maximum Gasteiger partial charge on any atom is 0.331 e. The molecular formula is C2H4O5S. The van der Waals surface area contributed by atoms with Crippen LogP contribution in [-0.2, 0) is 20.3 Å². The van der Waals surface area contributed by atoms with E-state index in [9.17, 15) is 9.00 Å². The molecule has 5 nitrogen and oxygen atoms in total. The molecule has 0 aliphatic carbocycles. The number of carboxylic acid groups (broad SMARTS) is 1. The molecule has 8 heavy (non-hydrogen) atoms. The topological polar surface area (TPSA) is 83.8 Å². The Labute approximate surface area is 47.8 Å². The Hall–Kier alpha value is -0.460. The number of hydrogen-bond donors (Lipinski definition) is 2. The maximum atomic E-state index is 9.53. The smallest absolute Gasteiger partial charge is 0.331 e. The highest BCUT2D eigenvalue weighted by atomic mass is 32.2. The average molecular weight is 140 g/mol. The molecule has 48 valence electrons.